The van der Waals surface area contributed by atoms with Crippen LogP contribution in [0.3, 0.4) is 0 Å². The van der Waals surface area contributed by atoms with Crippen molar-refractivity contribution in [1.29, 1.82) is 0 Å². The lowest BCUT2D eigenvalue weighted by atomic mass is 10.0. The predicted molar refractivity (Wildman–Crippen MR) is 120 cm³/mol. The van der Waals surface area contributed by atoms with Gasteiger partial charge in [-0.15, -0.1) is 0 Å². The molecule has 150 valence electrons. The maximum atomic E-state index is 13.0. The van der Waals surface area contributed by atoms with Crippen LogP contribution in [-0.4, -0.2) is 29.9 Å². The Balaban J connectivity index is 1.81. The number of hydrogen-bond donors (Lipinski definition) is 0. The number of benzene rings is 3. The molecule has 5 nitrogen and oxygen atoms in total. The smallest absolute Gasteiger partial charge is 0.278 e. The van der Waals surface area contributed by atoms with E-state index in [0.717, 1.165) is 32.7 Å². The molecule has 0 aliphatic rings. The van der Waals surface area contributed by atoms with E-state index in [4.69, 9.17) is 9.47 Å². The fourth-order valence-electron chi connectivity index (χ4n) is 3.15. The lowest BCUT2D eigenvalue weighted by Crippen LogP contribution is -2.12. The Hall–Kier alpha value is -3.38. The topological polar surface area (TPSA) is 53.4 Å². The molecular weight excluding hydrogens is 444 g/mol. The van der Waals surface area contributed by atoms with Crippen LogP contribution in [0.5, 0.6) is 11.5 Å². The Morgan fingerprint density at radius 1 is 0.800 bits per heavy atom. The summed E-state index contributed by atoms with van der Waals surface area (Å²) in [6.45, 7) is 0. The van der Waals surface area contributed by atoms with Gasteiger partial charge in [0.1, 0.15) is 17.2 Å². The van der Waals surface area contributed by atoms with Crippen molar-refractivity contribution in [2.45, 2.75) is 0 Å². The minimum Gasteiger partial charge on any atom is -0.497 e. The Morgan fingerprint density at radius 3 is 1.87 bits per heavy atom. The number of rotatable bonds is 5. The van der Waals surface area contributed by atoms with Crippen LogP contribution >= 0.6 is 15.9 Å². The minimum atomic E-state index is -0.197. The molecular formula is C24H19BrN2O3. The van der Waals surface area contributed by atoms with Crippen molar-refractivity contribution >= 4 is 21.8 Å². The SMILES string of the molecule is COc1ccc(-c2cn(C(=O)c3ccc(Br)cc3)nc2-c2ccc(OC)cc2)cc1. The van der Waals surface area contributed by atoms with Crippen LogP contribution in [0.25, 0.3) is 22.4 Å². The van der Waals surface area contributed by atoms with Gasteiger partial charge in [-0.05, 0) is 66.2 Å². The first-order valence-corrected chi connectivity index (χ1v) is 10.1. The maximum absolute atomic E-state index is 13.0. The van der Waals surface area contributed by atoms with Crippen LogP contribution in [-0.2, 0) is 0 Å². The number of aromatic nitrogens is 2. The molecule has 6 heteroatoms. The van der Waals surface area contributed by atoms with E-state index in [0.29, 0.717) is 11.3 Å². The van der Waals surface area contributed by atoms with Gasteiger partial charge in [-0.3, -0.25) is 4.79 Å². The van der Waals surface area contributed by atoms with E-state index in [-0.39, 0.29) is 5.91 Å². The Morgan fingerprint density at radius 2 is 1.33 bits per heavy atom. The zero-order chi connectivity index (χ0) is 21.1. The molecule has 0 N–H and O–H groups in total. The number of halogens is 1. The normalized spacial score (nSPS) is 10.6. The second-order valence-corrected chi connectivity index (χ2v) is 7.52. The predicted octanol–water partition coefficient (Wildman–Crippen LogP) is 5.69. The summed E-state index contributed by atoms with van der Waals surface area (Å²) in [5, 5.41) is 4.64. The second-order valence-electron chi connectivity index (χ2n) is 6.60. The summed E-state index contributed by atoms with van der Waals surface area (Å²) in [7, 11) is 3.26. The van der Waals surface area contributed by atoms with Crippen LogP contribution in [0.4, 0.5) is 0 Å². The summed E-state index contributed by atoms with van der Waals surface area (Å²) in [5.41, 5.74) is 3.96. The average Bonchev–Trinajstić information content (AvgIpc) is 3.24. The summed E-state index contributed by atoms with van der Waals surface area (Å²) in [4.78, 5) is 13.0. The van der Waals surface area contributed by atoms with Gasteiger partial charge >= 0.3 is 0 Å². The van der Waals surface area contributed by atoms with Crippen LogP contribution in [0.2, 0.25) is 0 Å². The molecule has 0 saturated heterocycles. The van der Waals surface area contributed by atoms with Crippen molar-refractivity contribution in [3.8, 4) is 33.9 Å². The maximum Gasteiger partial charge on any atom is 0.278 e. The molecule has 0 atom stereocenters. The minimum absolute atomic E-state index is 0.197. The number of nitrogens with zero attached hydrogens (tertiary/aromatic N) is 2. The Kier molecular flexibility index (Phi) is 5.68. The summed E-state index contributed by atoms with van der Waals surface area (Å²) in [6, 6.07) is 22.5. The Labute approximate surface area is 183 Å². The third-order valence-corrected chi connectivity index (χ3v) is 5.31. The zero-order valence-electron chi connectivity index (χ0n) is 16.5. The van der Waals surface area contributed by atoms with Crippen LogP contribution in [0.1, 0.15) is 10.4 Å². The van der Waals surface area contributed by atoms with Crippen LogP contribution < -0.4 is 9.47 Å². The number of carbonyl (C=O) groups excluding carboxylic acids is 1. The average molecular weight is 463 g/mol. The van der Waals surface area contributed by atoms with Gasteiger partial charge in [0.25, 0.3) is 5.91 Å². The quantitative estimate of drug-likeness (QED) is 0.382. The summed E-state index contributed by atoms with van der Waals surface area (Å²) < 4.78 is 12.8. The third-order valence-electron chi connectivity index (χ3n) is 4.78. The number of hydrogen-bond acceptors (Lipinski definition) is 4. The molecule has 4 rings (SSSR count). The van der Waals surface area contributed by atoms with Gasteiger partial charge < -0.3 is 9.47 Å². The molecule has 0 aliphatic carbocycles. The number of ether oxygens (including phenoxy) is 2. The largest absolute Gasteiger partial charge is 0.497 e. The molecule has 1 heterocycles. The van der Waals surface area contributed by atoms with E-state index in [1.54, 1.807) is 32.5 Å². The van der Waals surface area contributed by atoms with Gasteiger partial charge in [0.2, 0.25) is 0 Å². The monoisotopic (exact) mass is 462 g/mol. The molecule has 0 unspecified atom stereocenters. The lowest BCUT2D eigenvalue weighted by Gasteiger charge is -2.05. The molecule has 3 aromatic carbocycles. The first-order chi connectivity index (χ1) is 14.6. The highest BCUT2D eigenvalue weighted by Gasteiger charge is 2.18. The fraction of sp³-hybridized carbons (Fsp3) is 0.0833. The highest BCUT2D eigenvalue weighted by molar-refractivity contribution is 9.10. The van der Waals surface area contributed by atoms with Crippen LogP contribution in [0, 0.1) is 0 Å². The molecule has 30 heavy (non-hydrogen) atoms. The third kappa shape index (κ3) is 4.00. The second kappa shape index (κ2) is 8.55. The van der Waals surface area contributed by atoms with Crippen LogP contribution in [0.15, 0.2) is 83.5 Å². The first kappa shape index (κ1) is 19.9. The first-order valence-electron chi connectivity index (χ1n) is 9.28. The lowest BCUT2D eigenvalue weighted by molar-refractivity contribution is 0.0945. The van der Waals surface area contributed by atoms with Crippen molar-refractivity contribution < 1.29 is 14.3 Å². The number of methoxy groups -OCH3 is 2. The molecule has 0 aliphatic heterocycles. The molecule has 4 aromatic rings. The summed E-state index contributed by atoms with van der Waals surface area (Å²) in [5.74, 6) is 1.33. The van der Waals surface area contributed by atoms with E-state index in [2.05, 4.69) is 21.0 Å². The van der Waals surface area contributed by atoms with Crippen molar-refractivity contribution in [3.63, 3.8) is 0 Å². The van der Waals surface area contributed by atoms with Crippen molar-refractivity contribution in [2.75, 3.05) is 14.2 Å². The standard InChI is InChI=1S/C24H19BrN2O3/c1-29-20-11-5-16(6-12-20)22-15-27(24(28)18-3-9-19(25)10-4-18)26-23(22)17-7-13-21(30-2)14-8-17/h3-15H,1-2H3. The van der Waals surface area contributed by atoms with Gasteiger partial charge in [0, 0.05) is 27.4 Å². The van der Waals surface area contributed by atoms with Crippen molar-refractivity contribution in [3.05, 3.63) is 89.0 Å². The molecule has 0 saturated carbocycles. The highest BCUT2D eigenvalue weighted by atomic mass is 79.9. The zero-order valence-corrected chi connectivity index (χ0v) is 18.1. The van der Waals surface area contributed by atoms with E-state index < -0.39 is 0 Å². The van der Waals surface area contributed by atoms with E-state index in [1.807, 2.05) is 60.7 Å². The Bertz CT molecular complexity index is 1100. The molecule has 0 spiro atoms. The molecule has 0 fully saturated rings. The van der Waals surface area contributed by atoms with E-state index >= 15 is 0 Å². The fourth-order valence-corrected chi connectivity index (χ4v) is 3.41. The van der Waals surface area contributed by atoms with Crippen molar-refractivity contribution in [2.24, 2.45) is 0 Å². The summed E-state index contributed by atoms with van der Waals surface area (Å²) >= 11 is 3.40. The highest BCUT2D eigenvalue weighted by Crippen LogP contribution is 2.33. The van der Waals surface area contributed by atoms with Gasteiger partial charge in [0.15, 0.2) is 0 Å². The van der Waals surface area contributed by atoms with Gasteiger partial charge in [-0.2, -0.15) is 5.10 Å². The van der Waals surface area contributed by atoms with E-state index in [9.17, 15) is 4.79 Å². The number of carbonyl (C=O) groups is 1. The molecule has 1 aromatic heterocycles. The van der Waals surface area contributed by atoms with E-state index in [1.165, 1.54) is 4.68 Å². The van der Waals surface area contributed by atoms with Gasteiger partial charge in [0.05, 0.1) is 14.2 Å². The van der Waals surface area contributed by atoms with Gasteiger partial charge in [-0.25, -0.2) is 4.68 Å². The molecule has 0 radical (unpaired) electrons. The van der Waals surface area contributed by atoms with Crippen molar-refractivity contribution in [1.82, 2.24) is 9.78 Å². The molecule has 0 bridgehead atoms. The summed E-state index contributed by atoms with van der Waals surface area (Å²) in [6.07, 6.45) is 1.77. The van der Waals surface area contributed by atoms with Gasteiger partial charge in [-0.1, -0.05) is 28.1 Å². The molecule has 0 amide bonds.